The maximum absolute atomic E-state index is 2.14. The van der Waals surface area contributed by atoms with E-state index in [1.54, 1.807) is 0 Å². The summed E-state index contributed by atoms with van der Waals surface area (Å²) in [4.78, 5) is 0. The van der Waals surface area contributed by atoms with Gasteiger partial charge in [-0.3, -0.25) is 0 Å². The minimum atomic E-state index is 0. The molecule has 1 atom stereocenters. The van der Waals surface area contributed by atoms with Gasteiger partial charge in [-0.15, -0.1) is 0 Å². The predicted octanol–water partition coefficient (Wildman–Crippen LogP) is -2.38. The van der Waals surface area contributed by atoms with Crippen LogP contribution in [-0.4, -0.2) is 6.16 Å². The fourth-order valence-electron chi connectivity index (χ4n) is 0. The molecule has 0 saturated heterocycles. The molecule has 0 aromatic rings. The van der Waals surface area contributed by atoms with Crippen molar-refractivity contribution in [3.05, 3.63) is 0 Å². The van der Waals surface area contributed by atoms with Crippen LogP contribution >= 0.6 is 9.24 Å². The van der Waals surface area contributed by atoms with E-state index in [9.17, 15) is 0 Å². The first-order chi connectivity index (χ1) is 1.41. The van der Waals surface area contributed by atoms with Gasteiger partial charge in [-0.25, -0.2) is 0 Å². The standard InChI is InChI=1S/C2H7P.HI.Sm/c1-2-3;;/h2-3H2,1H3;1H;. The van der Waals surface area contributed by atoms with Crippen LogP contribution in [0.25, 0.3) is 0 Å². The van der Waals surface area contributed by atoms with Crippen molar-refractivity contribution in [2.75, 3.05) is 6.16 Å². The van der Waals surface area contributed by atoms with Crippen LogP contribution in [0.4, 0.5) is 0 Å². The second kappa shape index (κ2) is 16.1. The molecular weight excluding hydrogens is 332 g/mol. The molecule has 0 aliphatic heterocycles. The van der Waals surface area contributed by atoms with Gasteiger partial charge in [-0.2, -0.15) is 0 Å². The minimum Gasteiger partial charge on any atom is -1.00 e. The zero-order chi connectivity index (χ0) is 2.71. The van der Waals surface area contributed by atoms with E-state index >= 15 is 0 Å². The topological polar surface area (TPSA) is 0 Å². The van der Waals surface area contributed by atoms with Gasteiger partial charge in [-0.05, 0) is 16.2 Å². The summed E-state index contributed by atoms with van der Waals surface area (Å²) >= 11 is 0. The molecule has 3 heteroatoms. The van der Waals surface area contributed by atoms with Gasteiger partial charge in [0, 0.05) is 46.6 Å². The predicted molar refractivity (Wildman–Crippen MR) is 21.6 cm³/mol. The Bertz CT molecular complexity index is 9.61. The zero-order valence-corrected chi connectivity index (χ0v) is 9.39. The van der Waals surface area contributed by atoms with E-state index in [2.05, 4.69) is 6.92 Å². The Balaban J connectivity index is -0.0000000200. The van der Waals surface area contributed by atoms with Gasteiger partial charge in [-0.1, -0.05) is 0 Å². The molecule has 0 heterocycles. The molecule has 0 saturated carbocycles. The van der Waals surface area contributed by atoms with E-state index in [0.29, 0.717) is 0 Å². The molecule has 1 unspecified atom stereocenters. The molecule has 0 spiro atoms. The summed E-state index contributed by atoms with van der Waals surface area (Å²) in [6, 6.07) is 0. The Kier molecular flexibility index (Phi) is 50.2. The van der Waals surface area contributed by atoms with Crippen molar-refractivity contribution in [2.24, 2.45) is 0 Å². The third-order valence-electron chi connectivity index (χ3n) is 0. The number of halogens is 1. The Morgan fingerprint density at radius 1 is 1.60 bits per heavy atom. The molecule has 0 aromatic heterocycles. The van der Waals surface area contributed by atoms with E-state index in [1.165, 1.54) is 6.16 Å². The van der Waals surface area contributed by atoms with Crippen LogP contribution in [0.15, 0.2) is 0 Å². The summed E-state index contributed by atoms with van der Waals surface area (Å²) in [6.45, 7) is 2.14. The van der Waals surface area contributed by atoms with E-state index in [4.69, 9.17) is 0 Å². The second-order valence-corrected chi connectivity index (χ2v) is 1.50. The SMILES string of the molecule is CC[PH3+].[I-].[Sm]. The third kappa shape index (κ3) is 21.1. The monoisotopic (exact) mass is 342 g/mol. The molecule has 0 nitrogen and oxygen atoms in total. The van der Waals surface area contributed by atoms with Crippen LogP contribution < -0.4 is 24.0 Å². The molecule has 0 N–H and O–H groups in total. The molecule has 5 heavy (non-hydrogen) atoms. The van der Waals surface area contributed by atoms with Crippen LogP contribution in [0.5, 0.6) is 0 Å². The van der Waals surface area contributed by atoms with Crippen LogP contribution in [0.1, 0.15) is 6.92 Å². The van der Waals surface area contributed by atoms with E-state index in [1.807, 2.05) is 9.24 Å². The molecule has 0 bridgehead atoms. The summed E-state index contributed by atoms with van der Waals surface area (Å²) in [7, 11) is 1.97. The first-order valence-electron chi connectivity index (χ1n) is 1.21. The molecule has 0 aromatic carbocycles. The number of rotatable bonds is 0. The van der Waals surface area contributed by atoms with Crippen molar-refractivity contribution in [1.29, 1.82) is 0 Å². The zero-order valence-electron chi connectivity index (χ0n) is 3.20. The van der Waals surface area contributed by atoms with Gasteiger partial charge in [0.05, 0.1) is 0 Å². The average Bonchev–Trinajstić information content (AvgIpc) is 0.918. The fraction of sp³-hybridized carbons (Fsp3) is 1.00. The van der Waals surface area contributed by atoms with Crippen LogP contribution in [0, 0.1) is 40.4 Å². The quantitative estimate of drug-likeness (QED) is 0.341. The fourth-order valence-corrected chi connectivity index (χ4v) is 0. The first-order valence-corrected chi connectivity index (χ1v) is 2.21. The van der Waals surface area contributed by atoms with Gasteiger partial charge in [0.1, 0.15) is 0 Å². The Labute approximate surface area is 85.2 Å². The smallest absolute Gasteiger partial charge is 0.0498 e. The van der Waals surface area contributed by atoms with E-state index < -0.39 is 0 Å². The Morgan fingerprint density at radius 3 is 1.60 bits per heavy atom. The number of hydrogen-bond acceptors (Lipinski definition) is 0. The van der Waals surface area contributed by atoms with Crippen molar-refractivity contribution >= 4 is 9.24 Å². The molecular formula is C2H8IPSm. The normalized spacial score (nSPS) is 4.20. The molecule has 0 aliphatic rings. The van der Waals surface area contributed by atoms with E-state index in [-0.39, 0.29) is 64.4 Å². The second-order valence-electron chi connectivity index (χ2n) is 0.500. The maximum Gasteiger partial charge on any atom is 0.0498 e. The van der Waals surface area contributed by atoms with Crippen LogP contribution in [-0.2, 0) is 0 Å². The van der Waals surface area contributed by atoms with Crippen molar-refractivity contribution in [3.8, 4) is 0 Å². The summed E-state index contributed by atoms with van der Waals surface area (Å²) in [5, 5.41) is 0. The molecule has 0 rings (SSSR count). The largest absolute Gasteiger partial charge is 1.00 e. The number of hydrogen-bond donors (Lipinski definition) is 0. The summed E-state index contributed by atoms with van der Waals surface area (Å²) in [5.74, 6) is 0. The van der Waals surface area contributed by atoms with E-state index in [0.717, 1.165) is 0 Å². The van der Waals surface area contributed by atoms with Crippen molar-refractivity contribution in [2.45, 2.75) is 6.92 Å². The first kappa shape index (κ1) is 15.6. The summed E-state index contributed by atoms with van der Waals surface area (Å²) in [5.41, 5.74) is 0. The van der Waals surface area contributed by atoms with Crippen LogP contribution in [0.3, 0.4) is 0 Å². The van der Waals surface area contributed by atoms with Gasteiger partial charge in [0.25, 0.3) is 0 Å². The van der Waals surface area contributed by atoms with Crippen molar-refractivity contribution in [3.63, 3.8) is 0 Å². The maximum atomic E-state index is 2.14. The minimum absolute atomic E-state index is 0. The van der Waals surface area contributed by atoms with Crippen LogP contribution in [0.2, 0.25) is 0 Å². The van der Waals surface area contributed by atoms with Crippen molar-refractivity contribution < 1.29 is 64.4 Å². The molecule has 0 aliphatic carbocycles. The summed E-state index contributed by atoms with van der Waals surface area (Å²) in [6.07, 6.45) is 1.28. The molecule has 0 amide bonds. The van der Waals surface area contributed by atoms with Gasteiger partial charge >= 0.3 is 0 Å². The average molecular weight is 340 g/mol. The molecule has 34 valence electrons. The van der Waals surface area contributed by atoms with Gasteiger partial charge in [0.2, 0.25) is 0 Å². The molecule has 0 fully saturated rings. The van der Waals surface area contributed by atoms with Crippen molar-refractivity contribution in [1.82, 2.24) is 0 Å². The Hall–Kier alpha value is 2.50. The Morgan fingerprint density at radius 2 is 1.60 bits per heavy atom. The van der Waals surface area contributed by atoms with Gasteiger partial charge < -0.3 is 24.0 Å². The molecule has 0 radical (unpaired) electrons. The third-order valence-corrected chi connectivity index (χ3v) is 0. The summed E-state index contributed by atoms with van der Waals surface area (Å²) < 4.78 is 0. The van der Waals surface area contributed by atoms with Gasteiger partial charge in [0.15, 0.2) is 0 Å².